The second kappa shape index (κ2) is 5.39. The van der Waals surface area contributed by atoms with E-state index >= 15 is 0 Å². The average Bonchev–Trinajstić information content (AvgIpc) is 2.09. The summed E-state index contributed by atoms with van der Waals surface area (Å²) in [5, 5.41) is 0. The van der Waals surface area contributed by atoms with Gasteiger partial charge in [0.2, 0.25) is 0 Å². The van der Waals surface area contributed by atoms with Crippen LogP contribution in [-0.4, -0.2) is 20.3 Å². The lowest BCUT2D eigenvalue weighted by Crippen LogP contribution is -2.05. The van der Waals surface area contributed by atoms with Crippen molar-refractivity contribution in [1.82, 2.24) is 0 Å². The van der Waals surface area contributed by atoms with Crippen molar-refractivity contribution in [3.63, 3.8) is 0 Å². The molecule has 0 spiro atoms. The van der Waals surface area contributed by atoms with Gasteiger partial charge in [-0.15, -0.1) is 0 Å². The fraction of sp³-hybridized carbons (Fsp3) is 0.333. The Hall–Kier alpha value is -0.360. The molecular weight excluding hydrogens is 286 g/mol. The van der Waals surface area contributed by atoms with Gasteiger partial charge in [-0.1, -0.05) is 0 Å². The smallest absolute Gasteiger partial charge is 0.166 e. The Bertz CT molecular complexity index is 278. The van der Waals surface area contributed by atoms with E-state index in [0.717, 1.165) is 3.57 Å². The van der Waals surface area contributed by atoms with Crippen molar-refractivity contribution in [1.29, 1.82) is 0 Å². The van der Waals surface area contributed by atoms with Crippen LogP contribution in [0.5, 0.6) is 5.75 Å². The summed E-state index contributed by atoms with van der Waals surface area (Å²) in [4.78, 5) is 0. The highest BCUT2D eigenvalue weighted by atomic mass is 127. The van der Waals surface area contributed by atoms with Crippen LogP contribution in [0.1, 0.15) is 0 Å². The number of benzene rings is 1. The summed E-state index contributed by atoms with van der Waals surface area (Å²) in [6.45, 7) is 0.833. The van der Waals surface area contributed by atoms with Gasteiger partial charge >= 0.3 is 0 Å². The van der Waals surface area contributed by atoms with Gasteiger partial charge in [0, 0.05) is 10.7 Å². The molecule has 0 saturated heterocycles. The molecule has 13 heavy (non-hydrogen) atoms. The van der Waals surface area contributed by atoms with Crippen LogP contribution in [0.4, 0.5) is 4.39 Å². The predicted octanol–water partition coefficient (Wildman–Crippen LogP) is 2.46. The van der Waals surface area contributed by atoms with Gasteiger partial charge in [0.05, 0.1) is 6.61 Å². The van der Waals surface area contributed by atoms with Gasteiger partial charge in [0.15, 0.2) is 11.6 Å². The van der Waals surface area contributed by atoms with Crippen molar-refractivity contribution in [2.45, 2.75) is 0 Å². The second-order valence-electron chi connectivity index (χ2n) is 2.42. The number of rotatable bonds is 4. The highest BCUT2D eigenvalue weighted by molar-refractivity contribution is 14.1. The maximum Gasteiger partial charge on any atom is 0.166 e. The Morgan fingerprint density at radius 2 is 2.15 bits per heavy atom. The van der Waals surface area contributed by atoms with Crippen molar-refractivity contribution in [2.24, 2.45) is 0 Å². The molecule has 4 heteroatoms. The zero-order valence-electron chi connectivity index (χ0n) is 7.22. The third kappa shape index (κ3) is 3.48. The standard InChI is InChI=1S/C9H10FIO2/c1-12-4-5-13-9-3-2-7(11)6-8(9)10/h2-3,6H,4-5H2,1H3. The summed E-state index contributed by atoms with van der Waals surface area (Å²) in [5.74, 6) is -0.0551. The quantitative estimate of drug-likeness (QED) is 0.627. The monoisotopic (exact) mass is 296 g/mol. The van der Waals surface area contributed by atoms with Gasteiger partial charge in [-0.25, -0.2) is 4.39 Å². The molecule has 72 valence electrons. The molecular formula is C9H10FIO2. The summed E-state index contributed by atoms with van der Waals surface area (Å²) in [6, 6.07) is 4.85. The molecule has 0 aliphatic carbocycles. The molecule has 0 atom stereocenters. The maximum absolute atomic E-state index is 13.1. The highest BCUT2D eigenvalue weighted by Gasteiger charge is 2.02. The highest BCUT2D eigenvalue weighted by Crippen LogP contribution is 2.18. The molecule has 2 nitrogen and oxygen atoms in total. The summed E-state index contributed by atoms with van der Waals surface area (Å²) in [6.07, 6.45) is 0. The van der Waals surface area contributed by atoms with Crippen LogP contribution in [0.25, 0.3) is 0 Å². The molecule has 1 rings (SSSR count). The van der Waals surface area contributed by atoms with Crippen molar-refractivity contribution >= 4 is 22.6 Å². The second-order valence-corrected chi connectivity index (χ2v) is 3.66. The maximum atomic E-state index is 13.1. The molecule has 0 amide bonds. The Kier molecular flexibility index (Phi) is 4.44. The Morgan fingerprint density at radius 1 is 1.38 bits per heavy atom. The van der Waals surface area contributed by atoms with Crippen molar-refractivity contribution in [2.75, 3.05) is 20.3 Å². The zero-order valence-corrected chi connectivity index (χ0v) is 9.38. The van der Waals surface area contributed by atoms with Crippen LogP contribution in [0.2, 0.25) is 0 Å². The summed E-state index contributed by atoms with van der Waals surface area (Å²) < 4.78 is 23.9. The lowest BCUT2D eigenvalue weighted by atomic mass is 10.3. The molecule has 0 unspecified atom stereocenters. The SMILES string of the molecule is COCCOc1ccc(I)cc1F. The largest absolute Gasteiger partial charge is 0.488 e. The third-order valence-electron chi connectivity index (χ3n) is 1.44. The number of ether oxygens (including phenoxy) is 2. The minimum absolute atomic E-state index is 0.275. The fourth-order valence-corrected chi connectivity index (χ4v) is 1.28. The molecule has 0 heterocycles. The van der Waals surface area contributed by atoms with Crippen molar-refractivity contribution in [3.8, 4) is 5.75 Å². The third-order valence-corrected chi connectivity index (χ3v) is 2.11. The van der Waals surface area contributed by atoms with Crippen LogP contribution >= 0.6 is 22.6 Å². The van der Waals surface area contributed by atoms with Crippen LogP contribution in [-0.2, 0) is 4.74 Å². The van der Waals surface area contributed by atoms with E-state index in [4.69, 9.17) is 9.47 Å². The summed E-state index contributed by atoms with van der Waals surface area (Å²) >= 11 is 2.05. The van der Waals surface area contributed by atoms with Crippen molar-refractivity contribution < 1.29 is 13.9 Å². The van der Waals surface area contributed by atoms with Gasteiger partial charge in [0.25, 0.3) is 0 Å². The van der Waals surface area contributed by atoms with E-state index in [-0.39, 0.29) is 11.6 Å². The van der Waals surface area contributed by atoms with E-state index in [2.05, 4.69) is 0 Å². The molecule has 0 aliphatic heterocycles. The first kappa shape index (κ1) is 10.7. The Balaban J connectivity index is 2.56. The number of hydrogen-bond acceptors (Lipinski definition) is 2. The van der Waals surface area contributed by atoms with Gasteiger partial charge in [-0.2, -0.15) is 0 Å². The molecule has 1 aromatic carbocycles. The summed E-state index contributed by atoms with van der Waals surface area (Å²) in [7, 11) is 1.58. The minimum Gasteiger partial charge on any atom is -0.488 e. The molecule has 1 aromatic rings. The number of halogens is 2. The number of methoxy groups -OCH3 is 1. The Labute approximate surface area is 90.2 Å². The minimum atomic E-state index is -0.331. The molecule has 0 fully saturated rings. The molecule has 0 radical (unpaired) electrons. The van der Waals surface area contributed by atoms with E-state index in [0.29, 0.717) is 13.2 Å². The Morgan fingerprint density at radius 3 is 2.77 bits per heavy atom. The average molecular weight is 296 g/mol. The van der Waals surface area contributed by atoms with E-state index in [1.165, 1.54) is 6.07 Å². The molecule has 0 aliphatic rings. The van der Waals surface area contributed by atoms with E-state index in [9.17, 15) is 4.39 Å². The van der Waals surface area contributed by atoms with Crippen LogP contribution in [0.3, 0.4) is 0 Å². The fourth-order valence-electron chi connectivity index (χ4n) is 0.827. The molecule has 0 bridgehead atoms. The van der Waals surface area contributed by atoms with Crippen molar-refractivity contribution in [3.05, 3.63) is 27.6 Å². The summed E-state index contributed by atoms with van der Waals surface area (Å²) in [5.41, 5.74) is 0. The topological polar surface area (TPSA) is 18.5 Å². The first-order chi connectivity index (χ1) is 6.24. The lowest BCUT2D eigenvalue weighted by molar-refractivity contribution is 0.144. The van der Waals surface area contributed by atoms with Crippen LogP contribution < -0.4 is 4.74 Å². The first-order valence-electron chi connectivity index (χ1n) is 3.81. The molecule has 0 N–H and O–H groups in total. The van der Waals surface area contributed by atoms with Gasteiger partial charge < -0.3 is 9.47 Å². The van der Waals surface area contributed by atoms with E-state index in [1.54, 1.807) is 19.2 Å². The zero-order chi connectivity index (χ0) is 9.68. The van der Waals surface area contributed by atoms with E-state index < -0.39 is 0 Å². The lowest BCUT2D eigenvalue weighted by Gasteiger charge is -2.06. The van der Waals surface area contributed by atoms with E-state index in [1.807, 2.05) is 22.6 Å². The number of hydrogen-bond donors (Lipinski definition) is 0. The van der Waals surface area contributed by atoms with Gasteiger partial charge in [0.1, 0.15) is 6.61 Å². The predicted molar refractivity (Wildman–Crippen MR) is 56.5 cm³/mol. The normalized spacial score (nSPS) is 10.1. The van der Waals surface area contributed by atoms with Gasteiger partial charge in [-0.3, -0.25) is 0 Å². The van der Waals surface area contributed by atoms with Crippen LogP contribution in [0.15, 0.2) is 18.2 Å². The molecule has 0 saturated carbocycles. The first-order valence-corrected chi connectivity index (χ1v) is 4.88. The molecule has 0 aromatic heterocycles. The van der Waals surface area contributed by atoms with Gasteiger partial charge in [-0.05, 0) is 40.8 Å². The van der Waals surface area contributed by atoms with Crippen LogP contribution in [0, 0.1) is 9.39 Å².